The van der Waals surface area contributed by atoms with Gasteiger partial charge in [0.05, 0.1) is 5.75 Å². The second kappa shape index (κ2) is 6.38. The van der Waals surface area contributed by atoms with Gasteiger partial charge in [-0.3, -0.25) is 0 Å². The molecule has 80 valence electrons. The van der Waals surface area contributed by atoms with Gasteiger partial charge in [-0.05, 0) is 31.7 Å². The molecule has 0 aliphatic rings. The number of rotatable bonds is 7. The van der Waals surface area contributed by atoms with Gasteiger partial charge in [-0.2, -0.15) is 0 Å². The molecular weight excluding hydrogens is 186 g/mol. The van der Waals surface area contributed by atoms with Crippen LogP contribution in [0.15, 0.2) is 0 Å². The molecule has 1 atom stereocenters. The molecule has 0 radical (unpaired) electrons. The van der Waals surface area contributed by atoms with E-state index in [2.05, 4.69) is 0 Å². The molecule has 0 heterocycles. The van der Waals surface area contributed by atoms with Gasteiger partial charge in [-0.25, -0.2) is 8.42 Å². The Labute approximate surface area is 81.6 Å². The molecule has 0 aromatic heterocycles. The highest BCUT2D eigenvalue weighted by Gasteiger charge is 2.11. The van der Waals surface area contributed by atoms with Gasteiger partial charge < -0.3 is 5.73 Å². The molecule has 0 saturated heterocycles. The number of hydrogen-bond donors (Lipinski definition) is 1. The van der Waals surface area contributed by atoms with Gasteiger partial charge in [-0.1, -0.05) is 13.8 Å². The second-order valence-electron chi connectivity index (χ2n) is 3.62. The van der Waals surface area contributed by atoms with E-state index < -0.39 is 9.84 Å². The first-order valence-corrected chi connectivity index (χ1v) is 6.74. The van der Waals surface area contributed by atoms with E-state index in [1.165, 1.54) is 0 Å². The summed E-state index contributed by atoms with van der Waals surface area (Å²) in [5, 5.41) is 0. The van der Waals surface area contributed by atoms with Crippen LogP contribution in [0.3, 0.4) is 0 Å². The first-order valence-electron chi connectivity index (χ1n) is 4.92. The fourth-order valence-corrected chi connectivity index (χ4v) is 2.81. The monoisotopic (exact) mass is 207 g/mol. The molecule has 0 fully saturated rings. The molecule has 13 heavy (non-hydrogen) atoms. The lowest BCUT2D eigenvalue weighted by Crippen LogP contribution is -2.14. The fourth-order valence-electron chi connectivity index (χ4n) is 1.22. The van der Waals surface area contributed by atoms with Crippen molar-refractivity contribution in [3.63, 3.8) is 0 Å². The van der Waals surface area contributed by atoms with Crippen LogP contribution in [-0.4, -0.2) is 26.5 Å². The Bertz CT molecular complexity index is 212. The lowest BCUT2D eigenvalue weighted by Gasteiger charge is -2.09. The summed E-state index contributed by atoms with van der Waals surface area (Å²) >= 11 is 0. The van der Waals surface area contributed by atoms with Crippen LogP contribution in [0.2, 0.25) is 0 Å². The maximum absolute atomic E-state index is 11.3. The Morgan fingerprint density at radius 2 is 1.85 bits per heavy atom. The second-order valence-corrected chi connectivity index (χ2v) is 5.93. The largest absolute Gasteiger partial charge is 0.330 e. The van der Waals surface area contributed by atoms with Gasteiger partial charge in [-0.15, -0.1) is 0 Å². The van der Waals surface area contributed by atoms with E-state index in [4.69, 9.17) is 5.73 Å². The van der Waals surface area contributed by atoms with E-state index in [9.17, 15) is 8.42 Å². The summed E-state index contributed by atoms with van der Waals surface area (Å²) in [6.45, 7) is 4.59. The maximum Gasteiger partial charge on any atom is 0.150 e. The minimum Gasteiger partial charge on any atom is -0.330 e. The third-order valence-corrected chi connectivity index (χ3v) is 3.98. The van der Waals surface area contributed by atoms with Crippen molar-refractivity contribution in [3.8, 4) is 0 Å². The molecule has 4 heteroatoms. The van der Waals surface area contributed by atoms with Crippen LogP contribution < -0.4 is 5.73 Å². The third-order valence-electron chi connectivity index (χ3n) is 2.10. The predicted octanol–water partition coefficient (Wildman–Crippen LogP) is 1.19. The summed E-state index contributed by atoms with van der Waals surface area (Å²) < 4.78 is 22.6. The van der Waals surface area contributed by atoms with Crippen molar-refractivity contribution in [2.75, 3.05) is 18.1 Å². The SMILES string of the molecule is CCCS(=O)(=O)CCC(C)CCN. The Morgan fingerprint density at radius 3 is 2.31 bits per heavy atom. The summed E-state index contributed by atoms with van der Waals surface area (Å²) in [6, 6.07) is 0. The Morgan fingerprint density at radius 1 is 1.23 bits per heavy atom. The molecule has 1 unspecified atom stereocenters. The molecule has 0 aromatic carbocycles. The molecular formula is C9H21NO2S. The van der Waals surface area contributed by atoms with Gasteiger partial charge in [0, 0.05) is 5.75 Å². The zero-order valence-electron chi connectivity index (χ0n) is 8.62. The standard InChI is InChI=1S/C9H21NO2S/c1-3-7-13(11,12)8-5-9(2)4-6-10/h9H,3-8,10H2,1-2H3. The van der Waals surface area contributed by atoms with E-state index >= 15 is 0 Å². The summed E-state index contributed by atoms with van der Waals surface area (Å²) in [6.07, 6.45) is 2.38. The lowest BCUT2D eigenvalue weighted by molar-refractivity contribution is 0.516. The Hall–Kier alpha value is -0.0900. The zero-order chi connectivity index (χ0) is 10.3. The van der Waals surface area contributed by atoms with Crippen molar-refractivity contribution in [2.45, 2.75) is 33.1 Å². The number of sulfone groups is 1. The van der Waals surface area contributed by atoms with Gasteiger partial charge in [0.2, 0.25) is 0 Å². The maximum atomic E-state index is 11.3. The third kappa shape index (κ3) is 7.02. The fraction of sp³-hybridized carbons (Fsp3) is 1.00. The molecule has 0 saturated carbocycles. The molecule has 0 aliphatic heterocycles. The van der Waals surface area contributed by atoms with Crippen molar-refractivity contribution < 1.29 is 8.42 Å². The number of hydrogen-bond acceptors (Lipinski definition) is 3. The topological polar surface area (TPSA) is 60.2 Å². The quantitative estimate of drug-likeness (QED) is 0.682. The normalized spacial score (nSPS) is 14.4. The van der Waals surface area contributed by atoms with Gasteiger partial charge in [0.15, 0.2) is 0 Å². The van der Waals surface area contributed by atoms with Crippen LogP contribution in [0, 0.1) is 5.92 Å². The van der Waals surface area contributed by atoms with Crippen molar-refractivity contribution >= 4 is 9.84 Å². The van der Waals surface area contributed by atoms with Crippen molar-refractivity contribution in [1.82, 2.24) is 0 Å². The van der Waals surface area contributed by atoms with E-state index in [0.29, 0.717) is 30.4 Å². The summed E-state index contributed by atoms with van der Waals surface area (Å²) in [5.74, 6) is 1.07. The van der Waals surface area contributed by atoms with E-state index in [1.54, 1.807) is 0 Å². The average molecular weight is 207 g/mol. The van der Waals surface area contributed by atoms with Crippen molar-refractivity contribution in [3.05, 3.63) is 0 Å². The first kappa shape index (κ1) is 12.9. The van der Waals surface area contributed by atoms with Gasteiger partial charge >= 0.3 is 0 Å². The molecule has 3 nitrogen and oxygen atoms in total. The van der Waals surface area contributed by atoms with Gasteiger partial charge in [0.25, 0.3) is 0 Å². The molecule has 0 spiro atoms. The Balaban J connectivity index is 3.74. The molecule has 0 bridgehead atoms. The summed E-state index contributed by atoms with van der Waals surface area (Å²) in [5.41, 5.74) is 5.38. The number of nitrogens with two attached hydrogens (primary N) is 1. The van der Waals surface area contributed by atoms with Crippen LogP contribution in [0.1, 0.15) is 33.1 Å². The highest BCUT2D eigenvalue weighted by molar-refractivity contribution is 7.91. The van der Waals surface area contributed by atoms with Crippen LogP contribution in [0.4, 0.5) is 0 Å². The average Bonchev–Trinajstić information content (AvgIpc) is 2.02. The zero-order valence-corrected chi connectivity index (χ0v) is 9.44. The van der Waals surface area contributed by atoms with Gasteiger partial charge in [0.1, 0.15) is 9.84 Å². The highest BCUT2D eigenvalue weighted by Crippen LogP contribution is 2.08. The minimum absolute atomic E-state index is 0.321. The van der Waals surface area contributed by atoms with Crippen LogP contribution >= 0.6 is 0 Å². The van der Waals surface area contributed by atoms with E-state index in [-0.39, 0.29) is 0 Å². The Kier molecular flexibility index (Phi) is 6.33. The molecule has 0 rings (SSSR count). The summed E-state index contributed by atoms with van der Waals surface area (Å²) in [7, 11) is -2.79. The van der Waals surface area contributed by atoms with Crippen LogP contribution in [0.25, 0.3) is 0 Å². The van der Waals surface area contributed by atoms with Crippen molar-refractivity contribution in [1.29, 1.82) is 0 Å². The van der Waals surface area contributed by atoms with Crippen LogP contribution in [-0.2, 0) is 9.84 Å². The minimum atomic E-state index is -2.79. The molecule has 0 aromatic rings. The molecule has 2 N–H and O–H groups in total. The first-order chi connectivity index (χ1) is 6.02. The lowest BCUT2D eigenvalue weighted by atomic mass is 10.1. The summed E-state index contributed by atoms with van der Waals surface area (Å²) in [4.78, 5) is 0. The van der Waals surface area contributed by atoms with E-state index in [1.807, 2.05) is 13.8 Å². The smallest absolute Gasteiger partial charge is 0.150 e. The van der Waals surface area contributed by atoms with Crippen LogP contribution in [0.5, 0.6) is 0 Å². The predicted molar refractivity (Wildman–Crippen MR) is 56.4 cm³/mol. The highest BCUT2D eigenvalue weighted by atomic mass is 32.2. The van der Waals surface area contributed by atoms with E-state index in [0.717, 1.165) is 12.8 Å². The molecule has 0 amide bonds. The van der Waals surface area contributed by atoms with Crippen molar-refractivity contribution in [2.24, 2.45) is 11.7 Å². The molecule has 0 aliphatic carbocycles.